The van der Waals surface area contributed by atoms with E-state index in [1.807, 2.05) is 6.92 Å². The van der Waals surface area contributed by atoms with E-state index in [9.17, 15) is 9.59 Å². The van der Waals surface area contributed by atoms with Gasteiger partial charge in [0.2, 0.25) is 0 Å². The molecule has 24 heavy (non-hydrogen) atoms. The van der Waals surface area contributed by atoms with Gasteiger partial charge in [0.25, 0.3) is 5.91 Å². The Morgan fingerprint density at radius 3 is 2.42 bits per heavy atom. The molecular formula is C17H20N4O3. The summed E-state index contributed by atoms with van der Waals surface area (Å²) in [5.41, 5.74) is 1.50. The maximum absolute atomic E-state index is 11.7. The first-order valence-electron chi connectivity index (χ1n) is 7.78. The van der Waals surface area contributed by atoms with Crippen molar-refractivity contribution in [1.82, 2.24) is 15.3 Å². The zero-order valence-corrected chi connectivity index (χ0v) is 13.7. The molecule has 126 valence electrons. The van der Waals surface area contributed by atoms with Crippen LogP contribution in [0.5, 0.6) is 0 Å². The zero-order valence-electron chi connectivity index (χ0n) is 13.7. The van der Waals surface area contributed by atoms with Crippen molar-refractivity contribution in [1.29, 1.82) is 0 Å². The zero-order chi connectivity index (χ0) is 17.4. The Hall–Kier alpha value is -2.96. The Bertz CT molecular complexity index is 684. The van der Waals surface area contributed by atoms with Crippen LogP contribution in [-0.2, 0) is 4.74 Å². The average molecular weight is 328 g/mol. The van der Waals surface area contributed by atoms with Gasteiger partial charge in [-0.3, -0.25) is 4.79 Å². The van der Waals surface area contributed by atoms with E-state index in [2.05, 4.69) is 20.6 Å². The quantitative estimate of drug-likeness (QED) is 0.759. The van der Waals surface area contributed by atoms with Gasteiger partial charge in [0.05, 0.1) is 24.6 Å². The first kappa shape index (κ1) is 17.4. The molecule has 0 aliphatic rings. The van der Waals surface area contributed by atoms with E-state index in [1.165, 1.54) is 12.4 Å². The van der Waals surface area contributed by atoms with Crippen LogP contribution in [0.25, 0.3) is 0 Å². The van der Waals surface area contributed by atoms with Gasteiger partial charge in [0.15, 0.2) is 0 Å². The van der Waals surface area contributed by atoms with Gasteiger partial charge < -0.3 is 15.4 Å². The van der Waals surface area contributed by atoms with E-state index in [1.54, 1.807) is 31.2 Å². The molecular weight excluding hydrogens is 308 g/mol. The molecule has 0 fully saturated rings. The SMILES string of the molecule is CCCNC(=O)c1cnc(Nc2ccc(C(=O)OCC)cc2)cn1. The highest BCUT2D eigenvalue weighted by atomic mass is 16.5. The normalized spacial score (nSPS) is 10.1. The van der Waals surface area contributed by atoms with E-state index < -0.39 is 0 Å². The highest BCUT2D eigenvalue weighted by Gasteiger charge is 2.08. The number of nitrogens with one attached hydrogen (secondary N) is 2. The van der Waals surface area contributed by atoms with Gasteiger partial charge in [0, 0.05) is 12.2 Å². The van der Waals surface area contributed by atoms with E-state index in [0.717, 1.165) is 12.1 Å². The van der Waals surface area contributed by atoms with Crippen LogP contribution in [0.3, 0.4) is 0 Å². The number of carbonyl (C=O) groups is 2. The van der Waals surface area contributed by atoms with Gasteiger partial charge in [-0.15, -0.1) is 0 Å². The van der Waals surface area contributed by atoms with Gasteiger partial charge in [-0.25, -0.2) is 14.8 Å². The Morgan fingerprint density at radius 2 is 1.83 bits per heavy atom. The lowest BCUT2D eigenvalue weighted by molar-refractivity contribution is 0.0526. The molecule has 1 aromatic heterocycles. The van der Waals surface area contributed by atoms with Crippen molar-refractivity contribution in [2.75, 3.05) is 18.5 Å². The van der Waals surface area contributed by atoms with Gasteiger partial charge in [-0.1, -0.05) is 6.92 Å². The number of nitrogens with zero attached hydrogens (tertiary/aromatic N) is 2. The third-order valence-electron chi connectivity index (χ3n) is 3.09. The summed E-state index contributed by atoms with van der Waals surface area (Å²) in [6, 6.07) is 6.83. The van der Waals surface area contributed by atoms with Crippen molar-refractivity contribution in [3.05, 3.63) is 47.9 Å². The first-order valence-corrected chi connectivity index (χ1v) is 7.78. The summed E-state index contributed by atoms with van der Waals surface area (Å²) in [6.45, 7) is 4.69. The topological polar surface area (TPSA) is 93.2 Å². The average Bonchev–Trinajstić information content (AvgIpc) is 2.61. The highest BCUT2D eigenvalue weighted by molar-refractivity contribution is 5.92. The first-order chi connectivity index (χ1) is 11.6. The number of carbonyl (C=O) groups excluding carboxylic acids is 2. The Kier molecular flexibility index (Phi) is 6.24. The molecule has 7 nitrogen and oxygen atoms in total. The molecule has 0 radical (unpaired) electrons. The van der Waals surface area contributed by atoms with Crippen LogP contribution in [0, 0.1) is 0 Å². The Morgan fingerprint density at radius 1 is 1.08 bits per heavy atom. The summed E-state index contributed by atoms with van der Waals surface area (Å²) < 4.78 is 4.93. The molecule has 0 saturated heterocycles. The number of esters is 1. The van der Waals surface area contributed by atoms with Crippen molar-refractivity contribution in [3.63, 3.8) is 0 Å². The van der Waals surface area contributed by atoms with Crippen molar-refractivity contribution in [3.8, 4) is 0 Å². The molecule has 7 heteroatoms. The summed E-state index contributed by atoms with van der Waals surface area (Å²) in [5.74, 6) is -0.0908. The van der Waals surface area contributed by atoms with Crippen LogP contribution < -0.4 is 10.6 Å². The molecule has 0 atom stereocenters. The van der Waals surface area contributed by atoms with Crippen LogP contribution in [-0.4, -0.2) is 35.0 Å². The standard InChI is InChI=1S/C17H20N4O3/c1-3-9-18-16(22)14-10-20-15(11-19-14)21-13-7-5-12(6-8-13)17(23)24-4-2/h5-8,10-11H,3-4,9H2,1-2H3,(H,18,22)(H,20,21). The smallest absolute Gasteiger partial charge is 0.338 e. The second kappa shape index (κ2) is 8.61. The van der Waals surface area contributed by atoms with Gasteiger partial charge in [-0.2, -0.15) is 0 Å². The molecule has 1 aromatic carbocycles. The molecule has 1 amide bonds. The summed E-state index contributed by atoms with van der Waals surface area (Å²) in [6.07, 6.45) is 3.76. The molecule has 0 bridgehead atoms. The van der Waals surface area contributed by atoms with Crippen molar-refractivity contribution < 1.29 is 14.3 Å². The summed E-state index contributed by atoms with van der Waals surface area (Å²) in [5, 5.41) is 5.79. The molecule has 2 rings (SSSR count). The van der Waals surface area contributed by atoms with Crippen molar-refractivity contribution in [2.24, 2.45) is 0 Å². The minimum absolute atomic E-state index is 0.241. The molecule has 1 heterocycles. The van der Waals surface area contributed by atoms with Gasteiger partial charge in [0.1, 0.15) is 11.5 Å². The number of anilines is 2. The third kappa shape index (κ3) is 4.77. The van der Waals surface area contributed by atoms with Gasteiger partial charge >= 0.3 is 5.97 Å². The van der Waals surface area contributed by atoms with Crippen LogP contribution in [0.15, 0.2) is 36.7 Å². The largest absolute Gasteiger partial charge is 0.462 e. The molecule has 0 aliphatic carbocycles. The second-order valence-corrected chi connectivity index (χ2v) is 4.97. The molecule has 0 spiro atoms. The second-order valence-electron chi connectivity index (χ2n) is 4.97. The van der Waals surface area contributed by atoms with Crippen LogP contribution in [0.1, 0.15) is 41.1 Å². The van der Waals surface area contributed by atoms with Crippen molar-refractivity contribution in [2.45, 2.75) is 20.3 Å². The van der Waals surface area contributed by atoms with Crippen LogP contribution in [0.2, 0.25) is 0 Å². The van der Waals surface area contributed by atoms with E-state index in [4.69, 9.17) is 4.74 Å². The highest BCUT2D eigenvalue weighted by Crippen LogP contribution is 2.15. The van der Waals surface area contributed by atoms with Crippen LogP contribution >= 0.6 is 0 Å². The predicted molar refractivity (Wildman–Crippen MR) is 90.3 cm³/mol. The fraction of sp³-hybridized carbons (Fsp3) is 0.294. The fourth-order valence-corrected chi connectivity index (χ4v) is 1.89. The lowest BCUT2D eigenvalue weighted by Gasteiger charge is -2.07. The summed E-state index contributed by atoms with van der Waals surface area (Å²) >= 11 is 0. The minimum Gasteiger partial charge on any atom is -0.462 e. The van der Waals surface area contributed by atoms with Crippen molar-refractivity contribution >= 4 is 23.4 Å². The number of amides is 1. The number of hydrogen-bond acceptors (Lipinski definition) is 6. The number of rotatable bonds is 7. The fourth-order valence-electron chi connectivity index (χ4n) is 1.89. The van der Waals surface area contributed by atoms with E-state index in [-0.39, 0.29) is 17.6 Å². The molecule has 0 unspecified atom stereocenters. The summed E-state index contributed by atoms with van der Waals surface area (Å²) in [4.78, 5) is 31.6. The molecule has 2 N–H and O–H groups in total. The van der Waals surface area contributed by atoms with E-state index >= 15 is 0 Å². The predicted octanol–water partition coefficient (Wildman–Crippen LogP) is 2.54. The number of benzene rings is 1. The third-order valence-corrected chi connectivity index (χ3v) is 3.09. The lowest BCUT2D eigenvalue weighted by atomic mass is 10.2. The summed E-state index contributed by atoms with van der Waals surface area (Å²) in [7, 11) is 0. The monoisotopic (exact) mass is 328 g/mol. The number of hydrogen-bond donors (Lipinski definition) is 2. The lowest BCUT2D eigenvalue weighted by Crippen LogP contribution is -2.25. The van der Waals surface area contributed by atoms with Crippen LogP contribution in [0.4, 0.5) is 11.5 Å². The molecule has 0 saturated carbocycles. The van der Waals surface area contributed by atoms with Gasteiger partial charge in [-0.05, 0) is 37.6 Å². The Labute approximate surface area is 140 Å². The maximum atomic E-state index is 11.7. The minimum atomic E-state index is -0.355. The number of aromatic nitrogens is 2. The molecule has 0 aliphatic heterocycles. The Balaban J connectivity index is 1.98. The molecule has 2 aromatic rings. The number of ether oxygens (including phenoxy) is 1. The maximum Gasteiger partial charge on any atom is 0.338 e. The van der Waals surface area contributed by atoms with E-state index in [0.29, 0.717) is 24.5 Å².